The first-order chi connectivity index (χ1) is 10.1. The summed E-state index contributed by atoms with van der Waals surface area (Å²) in [5.41, 5.74) is 1.80. The fourth-order valence-electron chi connectivity index (χ4n) is 1.80. The van der Waals surface area contributed by atoms with Crippen LogP contribution in [0.2, 0.25) is 5.02 Å². The summed E-state index contributed by atoms with van der Waals surface area (Å²) in [6.07, 6.45) is 3.36. The summed E-state index contributed by atoms with van der Waals surface area (Å²) in [4.78, 5) is 8.58. The molecule has 0 fully saturated rings. The molecular weight excluding hydrogens is 286 g/mol. The summed E-state index contributed by atoms with van der Waals surface area (Å²) in [7, 11) is 0. The molecule has 0 bridgehead atoms. The quantitative estimate of drug-likeness (QED) is 0.851. The lowest BCUT2D eigenvalue weighted by molar-refractivity contribution is 0.291. The van der Waals surface area contributed by atoms with Crippen LogP contribution in [-0.4, -0.2) is 16.5 Å². The molecule has 2 rings (SSSR count). The molecule has 1 aromatic heterocycles. The summed E-state index contributed by atoms with van der Waals surface area (Å²) in [5, 5.41) is 4.03. The highest BCUT2D eigenvalue weighted by atomic mass is 35.5. The first-order valence-corrected chi connectivity index (χ1v) is 7.41. The van der Waals surface area contributed by atoms with Crippen molar-refractivity contribution >= 4 is 11.6 Å². The molecule has 0 aliphatic carbocycles. The minimum Gasteiger partial charge on any atom is -0.472 e. The van der Waals surface area contributed by atoms with Gasteiger partial charge in [0, 0.05) is 23.3 Å². The Bertz CT molecular complexity index is 575. The van der Waals surface area contributed by atoms with E-state index >= 15 is 0 Å². The van der Waals surface area contributed by atoms with E-state index in [0.717, 1.165) is 17.8 Å². The van der Waals surface area contributed by atoms with Crippen molar-refractivity contribution < 1.29 is 4.74 Å². The van der Waals surface area contributed by atoms with E-state index in [2.05, 4.69) is 29.1 Å². The molecule has 0 atom stereocenters. The predicted octanol–water partition coefficient (Wildman–Crippen LogP) is 3.45. The molecular formula is C16H20ClN3O. The average molecular weight is 306 g/mol. The van der Waals surface area contributed by atoms with Crippen molar-refractivity contribution in [3.8, 4) is 5.88 Å². The number of ether oxygens (including phenoxy) is 1. The second-order valence-corrected chi connectivity index (χ2v) is 5.66. The van der Waals surface area contributed by atoms with Gasteiger partial charge in [-0.25, -0.2) is 4.98 Å². The number of benzene rings is 1. The largest absolute Gasteiger partial charge is 0.472 e. The minimum atomic E-state index is 0.386. The van der Waals surface area contributed by atoms with Crippen LogP contribution in [0.5, 0.6) is 5.88 Å². The van der Waals surface area contributed by atoms with Crippen LogP contribution in [0.15, 0.2) is 36.7 Å². The van der Waals surface area contributed by atoms with Gasteiger partial charge in [-0.3, -0.25) is 4.98 Å². The number of hydrogen-bond acceptors (Lipinski definition) is 4. The maximum Gasteiger partial charge on any atom is 0.232 e. The van der Waals surface area contributed by atoms with Crippen molar-refractivity contribution in [1.82, 2.24) is 15.3 Å². The summed E-state index contributed by atoms with van der Waals surface area (Å²) in [5.74, 6) is 1.12. The topological polar surface area (TPSA) is 47.0 Å². The second-order valence-electron chi connectivity index (χ2n) is 5.25. The molecule has 4 nitrogen and oxygen atoms in total. The number of hydrogen-bond donors (Lipinski definition) is 1. The first kappa shape index (κ1) is 15.7. The van der Waals surface area contributed by atoms with E-state index in [1.54, 1.807) is 12.4 Å². The standard InChI is InChI=1S/C16H20ClN3O/c1-12(2)7-18-8-14-9-19-10-16(20-14)21-11-13-5-3-4-6-15(13)17/h3-6,9-10,12,18H,7-8,11H2,1-2H3. The Hall–Kier alpha value is -1.65. The second kappa shape index (κ2) is 7.96. The van der Waals surface area contributed by atoms with Crippen LogP contribution < -0.4 is 10.1 Å². The van der Waals surface area contributed by atoms with Crippen LogP contribution in [0.3, 0.4) is 0 Å². The summed E-state index contributed by atoms with van der Waals surface area (Å²) in [6.45, 7) is 6.36. The molecule has 1 N–H and O–H groups in total. The van der Waals surface area contributed by atoms with Crippen LogP contribution in [0.1, 0.15) is 25.1 Å². The SMILES string of the molecule is CC(C)CNCc1cncc(OCc2ccccc2Cl)n1. The van der Waals surface area contributed by atoms with Gasteiger partial charge in [-0.15, -0.1) is 0 Å². The van der Waals surface area contributed by atoms with Crippen LogP contribution in [0.4, 0.5) is 0 Å². The number of rotatable bonds is 7. The van der Waals surface area contributed by atoms with E-state index in [9.17, 15) is 0 Å². The third-order valence-electron chi connectivity index (χ3n) is 2.85. The van der Waals surface area contributed by atoms with Crippen molar-refractivity contribution in [2.24, 2.45) is 5.92 Å². The fraction of sp³-hybridized carbons (Fsp3) is 0.375. The molecule has 21 heavy (non-hydrogen) atoms. The average Bonchev–Trinajstić information content (AvgIpc) is 2.46. The van der Waals surface area contributed by atoms with Crippen molar-refractivity contribution in [3.63, 3.8) is 0 Å². The molecule has 0 radical (unpaired) electrons. The van der Waals surface area contributed by atoms with Crippen molar-refractivity contribution in [3.05, 3.63) is 52.9 Å². The zero-order valence-electron chi connectivity index (χ0n) is 12.3. The van der Waals surface area contributed by atoms with Crippen LogP contribution >= 0.6 is 11.6 Å². The summed E-state index contributed by atoms with van der Waals surface area (Å²) < 4.78 is 5.66. The number of nitrogens with zero attached hydrogens (tertiary/aromatic N) is 2. The molecule has 0 aliphatic heterocycles. The summed E-state index contributed by atoms with van der Waals surface area (Å²) in [6, 6.07) is 7.61. The van der Waals surface area contributed by atoms with Gasteiger partial charge in [0.1, 0.15) is 6.61 Å². The lowest BCUT2D eigenvalue weighted by atomic mass is 10.2. The smallest absolute Gasteiger partial charge is 0.232 e. The predicted molar refractivity (Wildman–Crippen MR) is 84.4 cm³/mol. The van der Waals surface area contributed by atoms with Crippen molar-refractivity contribution in [1.29, 1.82) is 0 Å². The molecule has 0 saturated heterocycles. The molecule has 112 valence electrons. The van der Waals surface area contributed by atoms with Crippen molar-refractivity contribution in [2.45, 2.75) is 27.0 Å². The van der Waals surface area contributed by atoms with E-state index in [1.807, 2.05) is 24.3 Å². The fourth-order valence-corrected chi connectivity index (χ4v) is 1.99. The van der Waals surface area contributed by atoms with Gasteiger partial charge in [0.05, 0.1) is 11.9 Å². The number of halogens is 1. The molecule has 0 saturated carbocycles. The van der Waals surface area contributed by atoms with Crippen LogP contribution in [0.25, 0.3) is 0 Å². The lowest BCUT2D eigenvalue weighted by Gasteiger charge is -2.09. The van der Waals surface area contributed by atoms with Crippen molar-refractivity contribution in [2.75, 3.05) is 6.54 Å². The van der Waals surface area contributed by atoms with Gasteiger partial charge in [-0.1, -0.05) is 43.6 Å². The Morgan fingerprint density at radius 3 is 2.81 bits per heavy atom. The highest BCUT2D eigenvalue weighted by Crippen LogP contribution is 2.17. The number of aromatic nitrogens is 2. The molecule has 2 aromatic rings. The molecule has 0 amide bonds. The zero-order chi connectivity index (χ0) is 15.1. The van der Waals surface area contributed by atoms with Gasteiger partial charge in [-0.05, 0) is 18.5 Å². The van der Waals surface area contributed by atoms with Gasteiger partial charge in [0.15, 0.2) is 0 Å². The lowest BCUT2D eigenvalue weighted by Crippen LogP contribution is -2.19. The van der Waals surface area contributed by atoms with Gasteiger partial charge in [0.2, 0.25) is 5.88 Å². The van der Waals surface area contributed by atoms with E-state index in [-0.39, 0.29) is 0 Å². The van der Waals surface area contributed by atoms with Gasteiger partial charge >= 0.3 is 0 Å². The zero-order valence-corrected chi connectivity index (χ0v) is 13.1. The van der Waals surface area contributed by atoms with Gasteiger partial charge in [0.25, 0.3) is 0 Å². The Labute approximate surface area is 130 Å². The maximum atomic E-state index is 6.09. The monoisotopic (exact) mass is 305 g/mol. The Kier molecular flexibility index (Phi) is 5.96. The Morgan fingerprint density at radius 1 is 1.24 bits per heavy atom. The van der Waals surface area contributed by atoms with E-state index in [4.69, 9.17) is 16.3 Å². The molecule has 1 heterocycles. The summed E-state index contributed by atoms with van der Waals surface area (Å²) >= 11 is 6.09. The molecule has 1 aromatic carbocycles. The molecule has 5 heteroatoms. The third-order valence-corrected chi connectivity index (χ3v) is 3.22. The van der Waals surface area contributed by atoms with Crippen LogP contribution in [0, 0.1) is 5.92 Å². The highest BCUT2D eigenvalue weighted by molar-refractivity contribution is 6.31. The Balaban J connectivity index is 1.90. The van der Waals surface area contributed by atoms with Crippen LogP contribution in [-0.2, 0) is 13.2 Å². The van der Waals surface area contributed by atoms with Gasteiger partial charge < -0.3 is 10.1 Å². The normalized spacial score (nSPS) is 10.9. The van der Waals surface area contributed by atoms with Gasteiger partial charge in [-0.2, -0.15) is 0 Å². The molecule has 0 aliphatic rings. The molecule has 0 unspecified atom stereocenters. The maximum absolute atomic E-state index is 6.09. The van der Waals surface area contributed by atoms with E-state index < -0.39 is 0 Å². The third kappa shape index (κ3) is 5.33. The first-order valence-electron chi connectivity index (χ1n) is 7.03. The van der Waals surface area contributed by atoms with E-state index in [0.29, 0.717) is 30.0 Å². The Morgan fingerprint density at radius 2 is 2.05 bits per heavy atom. The molecule has 0 spiro atoms. The highest BCUT2D eigenvalue weighted by Gasteiger charge is 2.03. The number of nitrogens with one attached hydrogen (secondary N) is 1. The van der Waals surface area contributed by atoms with E-state index in [1.165, 1.54) is 0 Å². The minimum absolute atomic E-state index is 0.386.